The van der Waals surface area contributed by atoms with Crippen LogP contribution in [0.1, 0.15) is 54.4 Å². The summed E-state index contributed by atoms with van der Waals surface area (Å²) in [7, 11) is 0. The Morgan fingerprint density at radius 1 is 1.44 bits per heavy atom. The van der Waals surface area contributed by atoms with Crippen molar-refractivity contribution < 1.29 is 4.79 Å². The second kappa shape index (κ2) is 4.35. The lowest BCUT2D eigenvalue weighted by Crippen LogP contribution is -2.34. The van der Waals surface area contributed by atoms with E-state index in [1.807, 2.05) is 13.8 Å². The van der Waals surface area contributed by atoms with E-state index >= 15 is 0 Å². The van der Waals surface area contributed by atoms with E-state index < -0.39 is 0 Å². The number of hydrogen-bond donors (Lipinski definition) is 0. The summed E-state index contributed by atoms with van der Waals surface area (Å²) in [6.45, 7) is 13.4. The molecule has 1 aliphatic rings. The molecule has 0 bridgehead atoms. The lowest BCUT2D eigenvalue weighted by molar-refractivity contribution is -0.114. The van der Waals surface area contributed by atoms with E-state index in [2.05, 4.69) is 33.8 Å². The summed E-state index contributed by atoms with van der Waals surface area (Å²) in [6, 6.07) is 0. The fraction of sp³-hybridized carbons (Fsp3) is 0.800. The van der Waals surface area contributed by atoms with Crippen molar-refractivity contribution in [3.8, 4) is 0 Å². The van der Waals surface area contributed by atoms with Crippen molar-refractivity contribution in [2.45, 2.75) is 54.4 Å². The summed E-state index contributed by atoms with van der Waals surface area (Å²) in [5, 5.41) is 0. The van der Waals surface area contributed by atoms with E-state index in [0.29, 0.717) is 11.3 Å². The minimum absolute atomic E-state index is 0.212. The highest BCUT2D eigenvalue weighted by Gasteiger charge is 2.37. The number of hydrogen-bond acceptors (Lipinski definition) is 1. The van der Waals surface area contributed by atoms with Crippen molar-refractivity contribution >= 4 is 6.29 Å². The summed E-state index contributed by atoms with van der Waals surface area (Å²) in [6.07, 6.45) is 5.52. The molecule has 16 heavy (non-hydrogen) atoms. The number of rotatable bonds is 3. The van der Waals surface area contributed by atoms with Gasteiger partial charge in [-0.3, -0.25) is 0 Å². The van der Waals surface area contributed by atoms with Gasteiger partial charge in [0, 0.05) is 5.41 Å². The standard InChI is InChI=1S/C15H26O/c1-11-7-8-13(9-14(3,4)10-16)12(2)15(11,5)6/h8,10-12H,7,9H2,1-6H3/t11-,12+/m1/s1. The van der Waals surface area contributed by atoms with Crippen LogP contribution in [0.15, 0.2) is 11.6 Å². The van der Waals surface area contributed by atoms with E-state index in [1.54, 1.807) is 0 Å². The third kappa shape index (κ3) is 2.56. The van der Waals surface area contributed by atoms with Gasteiger partial charge >= 0.3 is 0 Å². The van der Waals surface area contributed by atoms with E-state index in [4.69, 9.17) is 0 Å². The average Bonchev–Trinajstić information content (AvgIpc) is 2.20. The van der Waals surface area contributed by atoms with Gasteiger partial charge in [0.2, 0.25) is 0 Å². The topological polar surface area (TPSA) is 17.1 Å². The second-order valence-corrected chi connectivity index (χ2v) is 6.74. The van der Waals surface area contributed by atoms with Crippen molar-refractivity contribution in [3.63, 3.8) is 0 Å². The van der Waals surface area contributed by atoms with Crippen LogP contribution < -0.4 is 0 Å². The second-order valence-electron chi connectivity index (χ2n) is 6.74. The minimum Gasteiger partial charge on any atom is -0.303 e. The highest BCUT2D eigenvalue weighted by atomic mass is 16.1. The fourth-order valence-corrected chi connectivity index (χ4v) is 2.51. The van der Waals surface area contributed by atoms with Crippen molar-refractivity contribution in [2.24, 2.45) is 22.7 Å². The predicted molar refractivity (Wildman–Crippen MR) is 69.3 cm³/mol. The van der Waals surface area contributed by atoms with Gasteiger partial charge < -0.3 is 4.79 Å². The molecule has 0 N–H and O–H groups in total. The van der Waals surface area contributed by atoms with Crippen LogP contribution in [0.5, 0.6) is 0 Å². The average molecular weight is 222 g/mol. The summed E-state index contributed by atoms with van der Waals surface area (Å²) in [5.41, 5.74) is 1.61. The lowest BCUT2D eigenvalue weighted by Gasteiger charge is -2.43. The van der Waals surface area contributed by atoms with E-state index in [-0.39, 0.29) is 5.41 Å². The van der Waals surface area contributed by atoms with Gasteiger partial charge in [-0.25, -0.2) is 0 Å². The Kier molecular flexibility index (Phi) is 3.66. The van der Waals surface area contributed by atoms with Gasteiger partial charge in [0.25, 0.3) is 0 Å². The van der Waals surface area contributed by atoms with Crippen molar-refractivity contribution in [2.75, 3.05) is 0 Å². The maximum Gasteiger partial charge on any atom is 0.125 e. The molecular weight excluding hydrogens is 196 g/mol. The first-order valence-electron chi connectivity index (χ1n) is 6.36. The molecule has 0 fully saturated rings. The molecule has 2 atom stereocenters. The van der Waals surface area contributed by atoms with Gasteiger partial charge in [-0.05, 0) is 30.1 Å². The molecule has 0 radical (unpaired) electrons. The number of carbonyl (C=O) groups is 1. The minimum atomic E-state index is -0.212. The molecule has 0 heterocycles. The van der Waals surface area contributed by atoms with Crippen LogP contribution in [0.3, 0.4) is 0 Å². The molecule has 1 rings (SSSR count). The van der Waals surface area contributed by atoms with Crippen molar-refractivity contribution in [3.05, 3.63) is 11.6 Å². The predicted octanol–water partition coefficient (Wildman–Crippen LogP) is 4.23. The van der Waals surface area contributed by atoms with Gasteiger partial charge in [0.1, 0.15) is 6.29 Å². The van der Waals surface area contributed by atoms with Gasteiger partial charge in [-0.2, -0.15) is 0 Å². The molecule has 0 saturated carbocycles. The third-order valence-electron chi connectivity index (χ3n) is 4.65. The first kappa shape index (κ1) is 13.5. The molecular formula is C15H26O. The smallest absolute Gasteiger partial charge is 0.125 e. The Labute approximate surface area is 100 Å². The summed E-state index contributed by atoms with van der Waals surface area (Å²) in [5.74, 6) is 1.31. The number of aldehydes is 1. The van der Waals surface area contributed by atoms with Crippen LogP contribution in [0.2, 0.25) is 0 Å². The highest BCUT2D eigenvalue weighted by Crippen LogP contribution is 2.47. The number of allylic oxidation sites excluding steroid dienone is 2. The zero-order chi connectivity index (χ0) is 12.6. The molecule has 0 unspecified atom stereocenters. The highest BCUT2D eigenvalue weighted by molar-refractivity contribution is 5.58. The van der Waals surface area contributed by atoms with E-state index in [9.17, 15) is 4.79 Å². The maximum absolute atomic E-state index is 11.0. The Morgan fingerprint density at radius 2 is 2.00 bits per heavy atom. The van der Waals surface area contributed by atoms with Gasteiger partial charge in [0.05, 0.1) is 0 Å². The van der Waals surface area contributed by atoms with E-state index in [0.717, 1.165) is 25.0 Å². The van der Waals surface area contributed by atoms with Crippen LogP contribution in [0, 0.1) is 22.7 Å². The SMILES string of the molecule is C[C@@H]1CC=C(CC(C)(C)C=O)[C@H](C)C1(C)C. The molecule has 1 heteroatoms. The number of carbonyl (C=O) groups excluding carboxylic acids is 1. The zero-order valence-electron chi connectivity index (χ0n) is 11.6. The fourth-order valence-electron chi connectivity index (χ4n) is 2.51. The molecule has 0 saturated heterocycles. The summed E-state index contributed by atoms with van der Waals surface area (Å²) < 4.78 is 0. The molecule has 0 amide bonds. The largest absolute Gasteiger partial charge is 0.303 e. The Morgan fingerprint density at radius 3 is 2.50 bits per heavy atom. The van der Waals surface area contributed by atoms with Crippen LogP contribution in [-0.2, 0) is 4.79 Å². The maximum atomic E-state index is 11.0. The Bertz CT molecular complexity index is 297. The monoisotopic (exact) mass is 222 g/mol. The molecule has 0 aromatic carbocycles. The van der Waals surface area contributed by atoms with Crippen LogP contribution in [0.4, 0.5) is 0 Å². The molecule has 1 nitrogen and oxygen atoms in total. The first-order chi connectivity index (χ1) is 7.20. The summed E-state index contributed by atoms with van der Waals surface area (Å²) in [4.78, 5) is 11.0. The quantitative estimate of drug-likeness (QED) is 0.516. The van der Waals surface area contributed by atoms with Crippen LogP contribution >= 0.6 is 0 Å². The lowest BCUT2D eigenvalue weighted by atomic mass is 9.62. The van der Waals surface area contributed by atoms with Crippen molar-refractivity contribution in [1.29, 1.82) is 0 Å². The van der Waals surface area contributed by atoms with Gasteiger partial charge in [-0.15, -0.1) is 0 Å². The normalized spacial score (nSPS) is 29.8. The van der Waals surface area contributed by atoms with Crippen molar-refractivity contribution in [1.82, 2.24) is 0 Å². The van der Waals surface area contributed by atoms with E-state index in [1.165, 1.54) is 5.57 Å². The molecule has 0 aromatic rings. The van der Waals surface area contributed by atoms with Gasteiger partial charge in [-0.1, -0.05) is 53.2 Å². The Balaban J connectivity index is 2.87. The summed E-state index contributed by atoms with van der Waals surface area (Å²) >= 11 is 0. The molecule has 0 aliphatic heterocycles. The van der Waals surface area contributed by atoms with Crippen LogP contribution in [0.25, 0.3) is 0 Å². The zero-order valence-corrected chi connectivity index (χ0v) is 11.6. The molecule has 92 valence electrons. The molecule has 0 spiro atoms. The van der Waals surface area contributed by atoms with Gasteiger partial charge in [0.15, 0.2) is 0 Å². The Hall–Kier alpha value is -0.590. The first-order valence-corrected chi connectivity index (χ1v) is 6.36. The molecule has 0 aromatic heterocycles. The molecule has 1 aliphatic carbocycles. The van der Waals surface area contributed by atoms with Crippen LogP contribution in [-0.4, -0.2) is 6.29 Å². The third-order valence-corrected chi connectivity index (χ3v) is 4.65.